The smallest absolute Gasteiger partial charge is 0.338 e. The van der Waals surface area contributed by atoms with E-state index in [1.165, 1.54) is 11.0 Å². The zero-order chi connectivity index (χ0) is 24.2. The van der Waals surface area contributed by atoms with E-state index in [9.17, 15) is 19.5 Å². The van der Waals surface area contributed by atoms with Crippen LogP contribution in [0.4, 0.5) is 5.69 Å². The van der Waals surface area contributed by atoms with Gasteiger partial charge in [0, 0.05) is 11.3 Å². The molecule has 1 saturated heterocycles. The van der Waals surface area contributed by atoms with E-state index in [2.05, 4.69) is 0 Å². The van der Waals surface area contributed by atoms with Gasteiger partial charge in [-0.3, -0.25) is 14.5 Å². The summed E-state index contributed by atoms with van der Waals surface area (Å²) >= 11 is 0. The summed E-state index contributed by atoms with van der Waals surface area (Å²) in [5, 5.41) is 11.1. The van der Waals surface area contributed by atoms with Gasteiger partial charge in [-0.05, 0) is 37.1 Å². The fraction of sp³-hybridized carbons (Fsp3) is 0.179. The van der Waals surface area contributed by atoms with Crippen molar-refractivity contribution in [2.24, 2.45) is 0 Å². The quantitative estimate of drug-likeness (QED) is 0.239. The van der Waals surface area contributed by atoms with Gasteiger partial charge in [-0.15, -0.1) is 0 Å². The Morgan fingerprint density at radius 2 is 1.65 bits per heavy atom. The minimum absolute atomic E-state index is 0.000706. The molecule has 0 saturated carbocycles. The van der Waals surface area contributed by atoms with Crippen LogP contribution in [0.2, 0.25) is 0 Å². The molecule has 1 N–H and O–H groups in total. The molecule has 1 atom stereocenters. The third-order valence-electron chi connectivity index (χ3n) is 5.65. The molecule has 0 radical (unpaired) electrons. The summed E-state index contributed by atoms with van der Waals surface area (Å²) in [5.41, 5.74) is 2.71. The van der Waals surface area contributed by atoms with Gasteiger partial charge in [0.05, 0.1) is 23.8 Å². The molecule has 6 heteroatoms. The van der Waals surface area contributed by atoms with Crippen LogP contribution in [0.3, 0.4) is 0 Å². The van der Waals surface area contributed by atoms with E-state index in [1.54, 1.807) is 48.5 Å². The number of aryl methyl sites for hydroxylation is 1. The lowest BCUT2D eigenvalue weighted by molar-refractivity contribution is -0.132. The van der Waals surface area contributed by atoms with Crippen molar-refractivity contribution >= 4 is 29.1 Å². The first-order chi connectivity index (χ1) is 16.4. The number of nitrogens with zero attached hydrogens (tertiary/aromatic N) is 1. The maximum atomic E-state index is 13.3. The summed E-state index contributed by atoms with van der Waals surface area (Å²) in [6, 6.07) is 21.7. The van der Waals surface area contributed by atoms with Crippen LogP contribution >= 0.6 is 0 Å². The molecular formula is C28H25NO5. The maximum absolute atomic E-state index is 13.3. The van der Waals surface area contributed by atoms with Gasteiger partial charge in [0.2, 0.25) is 0 Å². The minimum Gasteiger partial charge on any atom is -0.507 e. The summed E-state index contributed by atoms with van der Waals surface area (Å²) in [4.78, 5) is 40.3. The molecule has 0 aromatic heterocycles. The largest absolute Gasteiger partial charge is 0.507 e. The first-order valence-corrected chi connectivity index (χ1v) is 11.1. The number of aliphatic hydroxyl groups is 1. The molecule has 3 aromatic carbocycles. The van der Waals surface area contributed by atoms with Crippen molar-refractivity contribution in [3.8, 4) is 0 Å². The van der Waals surface area contributed by atoms with Crippen LogP contribution in [-0.2, 0) is 14.3 Å². The number of hydrogen-bond donors (Lipinski definition) is 1. The number of benzene rings is 3. The number of hydrogen-bond acceptors (Lipinski definition) is 5. The van der Waals surface area contributed by atoms with Crippen molar-refractivity contribution in [3.63, 3.8) is 0 Å². The summed E-state index contributed by atoms with van der Waals surface area (Å²) < 4.78 is 5.23. The van der Waals surface area contributed by atoms with Crippen LogP contribution in [0.25, 0.3) is 5.76 Å². The number of ether oxygens (including phenoxy) is 1. The number of amides is 1. The van der Waals surface area contributed by atoms with Crippen molar-refractivity contribution in [1.29, 1.82) is 0 Å². The van der Waals surface area contributed by atoms with Crippen LogP contribution in [0.5, 0.6) is 0 Å². The molecule has 1 fully saturated rings. The summed E-state index contributed by atoms with van der Waals surface area (Å²) in [7, 11) is 0. The van der Waals surface area contributed by atoms with Crippen LogP contribution in [0.1, 0.15) is 46.4 Å². The number of anilines is 1. The minimum atomic E-state index is -0.859. The molecule has 6 nitrogen and oxygen atoms in total. The van der Waals surface area contributed by atoms with Crippen LogP contribution in [-0.4, -0.2) is 29.4 Å². The highest BCUT2D eigenvalue weighted by atomic mass is 16.5. The maximum Gasteiger partial charge on any atom is 0.338 e. The van der Waals surface area contributed by atoms with Crippen molar-refractivity contribution in [2.75, 3.05) is 11.5 Å². The number of carbonyl (C=O) groups is 3. The summed E-state index contributed by atoms with van der Waals surface area (Å²) in [6.45, 7) is 4.10. The Balaban J connectivity index is 1.88. The molecule has 172 valence electrons. The molecule has 0 spiro atoms. The standard InChI is InChI=1S/C28H25NO5/c1-3-15-34-28(33)21-13-8-14-22(17-21)29-24(20-12-7-9-18(2)16-20)23(26(31)27(29)32)25(30)19-10-5-4-6-11-19/h4-14,16-17,24,30H,3,15H2,1-2H3/b25-23+. The molecular weight excluding hydrogens is 430 g/mol. The normalized spacial score (nSPS) is 17.1. The molecule has 3 aromatic rings. The second-order valence-corrected chi connectivity index (χ2v) is 8.14. The van der Waals surface area contributed by atoms with E-state index in [4.69, 9.17) is 4.74 Å². The Morgan fingerprint density at radius 3 is 2.35 bits per heavy atom. The lowest BCUT2D eigenvalue weighted by atomic mass is 9.94. The molecule has 4 rings (SSSR count). The van der Waals surface area contributed by atoms with Gasteiger partial charge >= 0.3 is 5.97 Å². The molecule has 1 aliphatic heterocycles. The first kappa shape index (κ1) is 23.0. The van der Waals surface area contributed by atoms with E-state index < -0.39 is 23.7 Å². The van der Waals surface area contributed by atoms with Gasteiger partial charge in [0.1, 0.15) is 5.76 Å². The predicted molar refractivity (Wildman–Crippen MR) is 129 cm³/mol. The van der Waals surface area contributed by atoms with Crippen molar-refractivity contribution < 1.29 is 24.2 Å². The average Bonchev–Trinajstić information content (AvgIpc) is 3.13. The number of carbonyl (C=O) groups excluding carboxylic acids is 3. The van der Waals surface area contributed by atoms with Crippen LogP contribution < -0.4 is 4.90 Å². The number of esters is 1. The van der Waals surface area contributed by atoms with Gasteiger partial charge < -0.3 is 9.84 Å². The molecule has 0 bridgehead atoms. The SMILES string of the molecule is CCCOC(=O)c1cccc(N2C(=O)C(=O)/C(=C(/O)c3ccccc3)C2c2cccc(C)c2)c1. The van der Waals surface area contributed by atoms with E-state index in [0.717, 1.165) is 5.56 Å². The molecule has 1 heterocycles. The van der Waals surface area contributed by atoms with Crippen LogP contribution in [0.15, 0.2) is 84.4 Å². The van der Waals surface area contributed by atoms with Gasteiger partial charge in [0.25, 0.3) is 11.7 Å². The topological polar surface area (TPSA) is 83.9 Å². The lowest BCUT2D eigenvalue weighted by Gasteiger charge is -2.26. The van der Waals surface area contributed by atoms with Gasteiger partial charge in [-0.1, -0.05) is 73.2 Å². The third kappa shape index (κ3) is 4.35. The summed E-state index contributed by atoms with van der Waals surface area (Å²) in [6.07, 6.45) is 0.687. The Kier molecular flexibility index (Phi) is 6.59. The molecule has 34 heavy (non-hydrogen) atoms. The molecule has 1 aliphatic rings. The van der Waals surface area contributed by atoms with E-state index in [1.807, 2.05) is 38.1 Å². The fourth-order valence-electron chi connectivity index (χ4n) is 4.07. The second kappa shape index (κ2) is 9.75. The van der Waals surface area contributed by atoms with Gasteiger partial charge in [-0.25, -0.2) is 4.79 Å². The van der Waals surface area contributed by atoms with Gasteiger partial charge in [0.15, 0.2) is 0 Å². The number of Topliss-reactive ketones (excluding diaryl/α,β-unsaturated/α-hetero) is 1. The Morgan fingerprint density at radius 1 is 0.941 bits per heavy atom. The zero-order valence-electron chi connectivity index (χ0n) is 19.0. The van der Waals surface area contributed by atoms with Crippen molar-refractivity contribution in [3.05, 3.63) is 107 Å². The van der Waals surface area contributed by atoms with Crippen molar-refractivity contribution in [2.45, 2.75) is 26.3 Å². The van der Waals surface area contributed by atoms with E-state index in [0.29, 0.717) is 23.2 Å². The Hall–Kier alpha value is -4.19. The summed E-state index contributed by atoms with van der Waals surface area (Å²) in [5.74, 6) is -2.31. The molecule has 0 aliphatic carbocycles. The average molecular weight is 456 g/mol. The highest BCUT2D eigenvalue weighted by Crippen LogP contribution is 2.42. The predicted octanol–water partition coefficient (Wildman–Crippen LogP) is 5.19. The highest BCUT2D eigenvalue weighted by molar-refractivity contribution is 6.51. The fourth-order valence-corrected chi connectivity index (χ4v) is 4.07. The number of aliphatic hydroxyl groups excluding tert-OH is 1. The number of ketones is 1. The van der Waals surface area contributed by atoms with Crippen LogP contribution in [0, 0.1) is 6.92 Å². The van der Waals surface area contributed by atoms with Crippen molar-refractivity contribution in [1.82, 2.24) is 0 Å². The monoisotopic (exact) mass is 455 g/mol. The number of rotatable bonds is 6. The Labute approximate surface area is 198 Å². The van der Waals surface area contributed by atoms with E-state index in [-0.39, 0.29) is 23.5 Å². The third-order valence-corrected chi connectivity index (χ3v) is 5.65. The lowest BCUT2D eigenvalue weighted by Crippen LogP contribution is -2.29. The highest BCUT2D eigenvalue weighted by Gasteiger charge is 2.47. The Bertz CT molecular complexity index is 1280. The molecule has 1 unspecified atom stereocenters. The first-order valence-electron chi connectivity index (χ1n) is 11.1. The van der Waals surface area contributed by atoms with Gasteiger partial charge in [-0.2, -0.15) is 0 Å². The molecule has 1 amide bonds. The van der Waals surface area contributed by atoms with E-state index >= 15 is 0 Å². The zero-order valence-corrected chi connectivity index (χ0v) is 19.0. The second-order valence-electron chi connectivity index (χ2n) is 8.14.